The second-order valence-corrected chi connectivity index (χ2v) is 3.33. The summed E-state index contributed by atoms with van der Waals surface area (Å²) < 4.78 is 6.03. The van der Waals surface area contributed by atoms with Gasteiger partial charge in [-0.3, -0.25) is 0 Å². The van der Waals surface area contributed by atoms with Crippen LogP contribution in [0.2, 0.25) is 0 Å². The molecule has 14 heavy (non-hydrogen) atoms. The van der Waals surface area contributed by atoms with Crippen molar-refractivity contribution in [2.45, 2.75) is 0 Å². The lowest BCUT2D eigenvalue weighted by atomic mass is 10.4. The predicted molar refractivity (Wildman–Crippen MR) is 65.4 cm³/mol. The molecule has 1 nitrogen and oxygen atoms in total. The molecule has 0 amide bonds. The van der Waals surface area contributed by atoms with Crippen molar-refractivity contribution < 1.29 is 4.74 Å². The van der Waals surface area contributed by atoms with E-state index in [1.165, 1.54) is 0 Å². The minimum atomic E-state index is 0.617. The molecule has 1 aromatic carbocycles. The van der Waals surface area contributed by atoms with Gasteiger partial charge in [-0.15, -0.1) is 13.2 Å². The van der Waals surface area contributed by atoms with Crippen LogP contribution >= 0.6 is 15.9 Å². The molecule has 0 saturated carbocycles. The largest absolute Gasteiger partial charge is 0.373 e. The Balaban J connectivity index is 0.000000241. The maximum absolute atomic E-state index is 4.90. The first kappa shape index (κ1) is 13.1. The Hall–Kier alpha value is -0.860. The van der Waals surface area contributed by atoms with Gasteiger partial charge in [0.1, 0.15) is 0 Å². The molecule has 0 spiro atoms. The zero-order valence-corrected chi connectivity index (χ0v) is 9.74. The highest BCUT2D eigenvalue weighted by atomic mass is 79.9. The van der Waals surface area contributed by atoms with Crippen LogP contribution in [0.15, 0.2) is 60.1 Å². The Labute approximate surface area is 94.2 Å². The number of rotatable bonds is 4. The lowest BCUT2D eigenvalue weighted by molar-refractivity contribution is 0.194. The standard InChI is InChI=1S/C6H5Br.C6H10O/c7-6-4-2-1-3-5-6;1-3-5-7-6-4-2/h1-5H;3-4H,1-2,5-6H2. The summed E-state index contributed by atoms with van der Waals surface area (Å²) in [6, 6.07) is 9.97. The van der Waals surface area contributed by atoms with Crippen LogP contribution in [0.4, 0.5) is 0 Å². The summed E-state index contributed by atoms with van der Waals surface area (Å²) in [6.45, 7) is 8.18. The number of halogens is 1. The molecule has 0 aliphatic carbocycles. The zero-order valence-electron chi connectivity index (χ0n) is 8.16. The molecule has 0 heterocycles. The lowest BCUT2D eigenvalue weighted by Crippen LogP contribution is -1.87. The molecule has 1 aromatic rings. The van der Waals surface area contributed by atoms with E-state index in [-0.39, 0.29) is 0 Å². The molecule has 2 heteroatoms. The van der Waals surface area contributed by atoms with Crippen LogP contribution < -0.4 is 0 Å². The highest BCUT2D eigenvalue weighted by Gasteiger charge is 1.74. The van der Waals surface area contributed by atoms with Gasteiger partial charge in [-0.2, -0.15) is 0 Å². The molecule has 76 valence electrons. The van der Waals surface area contributed by atoms with Crippen molar-refractivity contribution in [3.63, 3.8) is 0 Å². The molecule has 0 atom stereocenters. The minimum absolute atomic E-state index is 0.617. The van der Waals surface area contributed by atoms with E-state index in [1.807, 2.05) is 30.3 Å². The predicted octanol–water partition coefficient (Wildman–Crippen LogP) is 3.82. The van der Waals surface area contributed by atoms with Gasteiger partial charge in [0, 0.05) is 4.47 Å². The molecule has 0 aliphatic heterocycles. The maximum Gasteiger partial charge on any atom is 0.0649 e. The molecule has 0 bridgehead atoms. The lowest BCUT2D eigenvalue weighted by Gasteiger charge is -1.89. The molecular weight excluding hydrogens is 240 g/mol. The minimum Gasteiger partial charge on any atom is -0.373 e. The Morgan fingerprint density at radius 3 is 1.86 bits per heavy atom. The van der Waals surface area contributed by atoms with E-state index in [2.05, 4.69) is 29.1 Å². The fraction of sp³-hybridized carbons (Fsp3) is 0.167. The second-order valence-electron chi connectivity index (χ2n) is 2.41. The van der Waals surface area contributed by atoms with Gasteiger partial charge in [0.05, 0.1) is 13.2 Å². The van der Waals surface area contributed by atoms with E-state index in [1.54, 1.807) is 12.2 Å². The number of benzene rings is 1. The normalized spacial score (nSPS) is 8.36. The Morgan fingerprint density at radius 1 is 1.07 bits per heavy atom. The van der Waals surface area contributed by atoms with E-state index in [9.17, 15) is 0 Å². The summed E-state index contributed by atoms with van der Waals surface area (Å²) in [7, 11) is 0. The highest BCUT2D eigenvalue weighted by molar-refractivity contribution is 9.10. The van der Waals surface area contributed by atoms with Gasteiger partial charge < -0.3 is 4.74 Å². The third kappa shape index (κ3) is 9.23. The van der Waals surface area contributed by atoms with Gasteiger partial charge in [-0.25, -0.2) is 0 Å². The van der Waals surface area contributed by atoms with Gasteiger partial charge >= 0.3 is 0 Å². The quantitative estimate of drug-likeness (QED) is 0.587. The van der Waals surface area contributed by atoms with Crippen LogP contribution in [-0.4, -0.2) is 13.2 Å². The van der Waals surface area contributed by atoms with Gasteiger partial charge in [0.25, 0.3) is 0 Å². The van der Waals surface area contributed by atoms with Gasteiger partial charge in [0.15, 0.2) is 0 Å². The Morgan fingerprint density at radius 2 is 1.57 bits per heavy atom. The third-order valence-corrected chi connectivity index (χ3v) is 1.73. The average molecular weight is 255 g/mol. The first-order valence-electron chi connectivity index (χ1n) is 4.31. The molecular formula is C12H15BrO. The van der Waals surface area contributed by atoms with Crippen molar-refractivity contribution in [1.82, 2.24) is 0 Å². The number of hydrogen-bond acceptors (Lipinski definition) is 1. The van der Waals surface area contributed by atoms with E-state index in [0.717, 1.165) is 4.47 Å². The van der Waals surface area contributed by atoms with Crippen molar-refractivity contribution in [2.24, 2.45) is 0 Å². The molecule has 0 aliphatic rings. The molecule has 1 rings (SSSR count). The first-order chi connectivity index (χ1) is 6.81. The Kier molecular flexibility index (Phi) is 9.59. The number of hydrogen-bond donors (Lipinski definition) is 0. The van der Waals surface area contributed by atoms with Gasteiger partial charge in [-0.1, -0.05) is 46.3 Å². The first-order valence-corrected chi connectivity index (χ1v) is 5.10. The summed E-state index contributed by atoms with van der Waals surface area (Å²) in [5, 5.41) is 0. The third-order valence-electron chi connectivity index (χ3n) is 1.20. The van der Waals surface area contributed by atoms with E-state index < -0.39 is 0 Å². The Bertz CT molecular complexity index is 236. The fourth-order valence-corrected chi connectivity index (χ4v) is 0.955. The van der Waals surface area contributed by atoms with Crippen molar-refractivity contribution in [1.29, 1.82) is 0 Å². The zero-order chi connectivity index (χ0) is 10.6. The fourth-order valence-electron chi connectivity index (χ4n) is 0.649. The summed E-state index contributed by atoms with van der Waals surface area (Å²) in [4.78, 5) is 0. The van der Waals surface area contributed by atoms with Crippen molar-refractivity contribution in [3.8, 4) is 0 Å². The van der Waals surface area contributed by atoms with Crippen molar-refractivity contribution in [3.05, 3.63) is 60.1 Å². The van der Waals surface area contributed by atoms with E-state index >= 15 is 0 Å². The van der Waals surface area contributed by atoms with Crippen LogP contribution in [0.25, 0.3) is 0 Å². The molecule has 0 saturated heterocycles. The van der Waals surface area contributed by atoms with Gasteiger partial charge in [-0.05, 0) is 12.1 Å². The van der Waals surface area contributed by atoms with Crippen LogP contribution in [-0.2, 0) is 4.74 Å². The van der Waals surface area contributed by atoms with Crippen LogP contribution in [0.3, 0.4) is 0 Å². The van der Waals surface area contributed by atoms with Crippen LogP contribution in [0, 0.1) is 0 Å². The SMILES string of the molecule is Brc1ccccc1.C=CCOCC=C. The van der Waals surface area contributed by atoms with Crippen molar-refractivity contribution in [2.75, 3.05) is 13.2 Å². The van der Waals surface area contributed by atoms with Crippen molar-refractivity contribution >= 4 is 15.9 Å². The smallest absolute Gasteiger partial charge is 0.0649 e. The second kappa shape index (κ2) is 10.2. The monoisotopic (exact) mass is 254 g/mol. The molecule has 0 aromatic heterocycles. The maximum atomic E-state index is 4.90. The molecule has 0 fully saturated rings. The molecule has 0 radical (unpaired) electrons. The van der Waals surface area contributed by atoms with Gasteiger partial charge in [0.2, 0.25) is 0 Å². The van der Waals surface area contributed by atoms with E-state index in [4.69, 9.17) is 4.74 Å². The summed E-state index contributed by atoms with van der Waals surface area (Å²) in [5.41, 5.74) is 0. The summed E-state index contributed by atoms with van der Waals surface area (Å²) >= 11 is 3.31. The molecule has 0 unspecified atom stereocenters. The molecule has 0 N–H and O–H groups in total. The highest BCUT2D eigenvalue weighted by Crippen LogP contribution is 2.05. The summed E-state index contributed by atoms with van der Waals surface area (Å²) in [5.74, 6) is 0. The number of ether oxygens (including phenoxy) is 1. The van der Waals surface area contributed by atoms with Crippen LogP contribution in [0.5, 0.6) is 0 Å². The topological polar surface area (TPSA) is 9.23 Å². The van der Waals surface area contributed by atoms with E-state index in [0.29, 0.717) is 13.2 Å². The summed E-state index contributed by atoms with van der Waals surface area (Å²) in [6.07, 6.45) is 3.42. The van der Waals surface area contributed by atoms with Crippen LogP contribution in [0.1, 0.15) is 0 Å². The average Bonchev–Trinajstić information content (AvgIpc) is 2.21.